The molecule has 1 aliphatic rings. The highest BCUT2D eigenvalue weighted by atomic mass is 19.1. The molecule has 0 spiro atoms. The molecule has 2 nitrogen and oxygen atoms in total. The number of nitrogens with zero attached hydrogens (tertiary/aromatic N) is 1. The molecule has 0 aliphatic heterocycles. The number of hydrogen-bond acceptors (Lipinski definition) is 2. The van der Waals surface area contributed by atoms with Gasteiger partial charge in [0, 0.05) is 18.4 Å². The molecule has 1 atom stereocenters. The first kappa shape index (κ1) is 9.85. The van der Waals surface area contributed by atoms with Gasteiger partial charge in [0.05, 0.1) is 6.07 Å². The molecule has 0 heterocycles. The van der Waals surface area contributed by atoms with Crippen LogP contribution < -0.4 is 0 Å². The fraction of sp³-hybridized carbons (Fsp3) is 0.333. The summed E-state index contributed by atoms with van der Waals surface area (Å²) in [7, 11) is 0. The van der Waals surface area contributed by atoms with Gasteiger partial charge in [0.1, 0.15) is 5.82 Å². The highest BCUT2D eigenvalue weighted by Gasteiger charge is 2.25. The second kappa shape index (κ2) is 3.82. The molecule has 0 amide bonds. The standard InChI is InChI=1S/C12H10FNO/c13-9-2-3-10-11(7-9)8(5-6-14)1-4-12(10)15/h2-3,7-8H,1,4-5H2. The zero-order valence-electron chi connectivity index (χ0n) is 8.16. The topological polar surface area (TPSA) is 40.9 Å². The van der Waals surface area contributed by atoms with E-state index in [1.54, 1.807) is 0 Å². The molecule has 1 aliphatic carbocycles. The lowest BCUT2D eigenvalue weighted by molar-refractivity contribution is 0.0967. The summed E-state index contributed by atoms with van der Waals surface area (Å²) in [5, 5.41) is 8.65. The summed E-state index contributed by atoms with van der Waals surface area (Å²) in [6.45, 7) is 0. The number of hydrogen-bond donors (Lipinski definition) is 0. The van der Waals surface area contributed by atoms with Gasteiger partial charge in [-0.3, -0.25) is 4.79 Å². The van der Waals surface area contributed by atoms with Crippen LogP contribution in [0.5, 0.6) is 0 Å². The zero-order chi connectivity index (χ0) is 10.8. The SMILES string of the molecule is N#CCC1CCC(=O)c2ccc(F)cc21. The van der Waals surface area contributed by atoms with Crippen molar-refractivity contribution in [1.82, 2.24) is 0 Å². The van der Waals surface area contributed by atoms with Gasteiger partial charge in [0.15, 0.2) is 5.78 Å². The number of carbonyl (C=O) groups is 1. The maximum atomic E-state index is 13.0. The predicted molar refractivity (Wildman–Crippen MR) is 52.9 cm³/mol. The minimum atomic E-state index is -0.341. The Bertz CT molecular complexity index is 447. The Hall–Kier alpha value is -1.69. The summed E-state index contributed by atoms with van der Waals surface area (Å²) in [6, 6.07) is 6.28. The normalized spacial score (nSPS) is 19.5. The lowest BCUT2D eigenvalue weighted by Gasteiger charge is -2.22. The van der Waals surface area contributed by atoms with Crippen LogP contribution in [0.4, 0.5) is 4.39 Å². The van der Waals surface area contributed by atoms with E-state index in [4.69, 9.17) is 5.26 Å². The Labute approximate surface area is 87.3 Å². The average Bonchev–Trinajstić information content (AvgIpc) is 2.22. The molecule has 0 fully saturated rings. The van der Waals surface area contributed by atoms with Crippen LogP contribution in [-0.4, -0.2) is 5.78 Å². The molecule has 0 saturated heterocycles. The third-order valence-corrected chi connectivity index (χ3v) is 2.81. The van der Waals surface area contributed by atoms with Crippen LogP contribution in [0.25, 0.3) is 0 Å². The molecule has 0 radical (unpaired) electrons. The summed E-state index contributed by atoms with van der Waals surface area (Å²) < 4.78 is 13.0. The number of fused-ring (bicyclic) bond motifs is 1. The van der Waals surface area contributed by atoms with Crippen molar-refractivity contribution in [3.05, 3.63) is 35.1 Å². The average molecular weight is 203 g/mol. The second-order valence-electron chi connectivity index (χ2n) is 3.75. The summed E-state index contributed by atoms with van der Waals surface area (Å²) >= 11 is 0. The van der Waals surface area contributed by atoms with Crippen LogP contribution in [0.2, 0.25) is 0 Å². The van der Waals surface area contributed by atoms with Crippen LogP contribution in [0.3, 0.4) is 0 Å². The number of halogens is 1. The second-order valence-corrected chi connectivity index (χ2v) is 3.75. The lowest BCUT2D eigenvalue weighted by atomic mass is 9.81. The van der Waals surface area contributed by atoms with E-state index >= 15 is 0 Å². The molecule has 1 unspecified atom stereocenters. The molecular weight excluding hydrogens is 193 g/mol. The quantitative estimate of drug-likeness (QED) is 0.704. The van der Waals surface area contributed by atoms with Crippen LogP contribution >= 0.6 is 0 Å². The third kappa shape index (κ3) is 1.75. The Morgan fingerprint density at radius 2 is 2.33 bits per heavy atom. The van der Waals surface area contributed by atoms with Gasteiger partial charge in [0.25, 0.3) is 0 Å². The molecule has 0 N–H and O–H groups in total. The van der Waals surface area contributed by atoms with Gasteiger partial charge in [-0.25, -0.2) is 4.39 Å². The Morgan fingerprint density at radius 1 is 1.53 bits per heavy atom. The van der Waals surface area contributed by atoms with Crippen molar-refractivity contribution in [3.63, 3.8) is 0 Å². The Balaban J connectivity index is 2.47. The van der Waals surface area contributed by atoms with Gasteiger partial charge >= 0.3 is 0 Å². The largest absolute Gasteiger partial charge is 0.294 e. The van der Waals surface area contributed by atoms with Gasteiger partial charge in [-0.2, -0.15) is 5.26 Å². The van der Waals surface area contributed by atoms with Gasteiger partial charge in [-0.15, -0.1) is 0 Å². The number of nitriles is 1. The number of rotatable bonds is 1. The minimum Gasteiger partial charge on any atom is -0.294 e. The molecule has 0 saturated carbocycles. The summed E-state index contributed by atoms with van der Waals surface area (Å²) in [5.74, 6) is -0.274. The summed E-state index contributed by atoms with van der Waals surface area (Å²) in [5.41, 5.74) is 1.29. The van der Waals surface area contributed by atoms with Crippen molar-refractivity contribution in [2.75, 3.05) is 0 Å². The molecule has 0 bridgehead atoms. The molecule has 3 heteroatoms. The lowest BCUT2D eigenvalue weighted by Crippen LogP contribution is -2.15. The van der Waals surface area contributed by atoms with Gasteiger partial charge < -0.3 is 0 Å². The highest BCUT2D eigenvalue weighted by molar-refractivity contribution is 5.98. The van der Waals surface area contributed by atoms with Gasteiger partial charge in [0.2, 0.25) is 0 Å². The monoisotopic (exact) mass is 203 g/mol. The number of Topliss-reactive ketones (excluding diaryl/α,β-unsaturated/α-hetero) is 1. The van der Waals surface area contributed by atoms with Crippen LogP contribution in [0.1, 0.15) is 41.1 Å². The molecule has 0 aromatic heterocycles. The van der Waals surface area contributed by atoms with Crippen LogP contribution in [0.15, 0.2) is 18.2 Å². The van der Waals surface area contributed by atoms with E-state index in [-0.39, 0.29) is 17.5 Å². The van der Waals surface area contributed by atoms with Gasteiger partial charge in [-0.05, 0) is 36.1 Å². The number of ketones is 1. The first-order valence-electron chi connectivity index (χ1n) is 4.92. The minimum absolute atomic E-state index is 0.0124. The van der Waals surface area contributed by atoms with Crippen molar-refractivity contribution in [2.45, 2.75) is 25.2 Å². The van der Waals surface area contributed by atoms with E-state index in [2.05, 4.69) is 6.07 Å². The fourth-order valence-electron chi connectivity index (χ4n) is 2.04. The van der Waals surface area contributed by atoms with E-state index in [1.807, 2.05) is 0 Å². The van der Waals surface area contributed by atoms with Crippen molar-refractivity contribution in [1.29, 1.82) is 5.26 Å². The van der Waals surface area contributed by atoms with Crippen molar-refractivity contribution >= 4 is 5.78 Å². The Kier molecular flexibility index (Phi) is 2.51. The van der Waals surface area contributed by atoms with E-state index in [9.17, 15) is 9.18 Å². The van der Waals surface area contributed by atoms with E-state index in [0.717, 1.165) is 0 Å². The highest BCUT2D eigenvalue weighted by Crippen LogP contribution is 2.33. The molecule has 1 aromatic carbocycles. The maximum absolute atomic E-state index is 13.0. The van der Waals surface area contributed by atoms with Crippen molar-refractivity contribution < 1.29 is 9.18 Å². The maximum Gasteiger partial charge on any atom is 0.163 e. The molecule has 15 heavy (non-hydrogen) atoms. The molecule has 1 aromatic rings. The van der Waals surface area contributed by atoms with E-state index < -0.39 is 0 Å². The third-order valence-electron chi connectivity index (χ3n) is 2.81. The summed E-state index contributed by atoms with van der Waals surface area (Å²) in [4.78, 5) is 11.5. The molecular formula is C12H10FNO. The first-order valence-corrected chi connectivity index (χ1v) is 4.92. The van der Waals surface area contributed by atoms with Crippen LogP contribution in [0, 0.1) is 17.1 Å². The fourth-order valence-corrected chi connectivity index (χ4v) is 2.04. The van der Waals surface area contributed by atoms with E-state index in [1.165, 1.54) is 18.2 Å². The predicted octanol–water partition coefficient (Wildman–Crippen LogP) is 2.80. The first-order chi connectivity index (χ1) is 7.22. The summed E-state index contributed by atoms with van der Waals surface area (Å²) in [6.07, 6.45) is 1.47. The smallest absolute Gasteiger partial charge is 0.163 e. The Morgan fingerprint density at radius 3 is 3.07 bits per heavy atom. The van der Waals surface area contributed by atoms with Gasteiger partial charge in [-0.1, -0.05) is 0 Å². The van der Waals surface area contributed by atoms with Crippen molar-refractivity contribution in [2.24, 2.45) is 0 Å². The van der Waals surface area contributed by atoms with Crippen LogP contribution in [-0.2, 0) is 0 Å². The van der Waals surface area contributed by atoms with Crippen molar-refractivity contribution in [3.8, 4) is 6.07 Å². The number of carbonyl (C=O) groups excluding carboxylic acids is 1. The molecule has 2 rings (SSSR count). The zero-order valence-corrected chi connectivity index (χ0v) is 8.16. The number of benzene rings is 1. The molecule has 76 valence electrons. The van der Waals surface area contributed by atoms with E-state index in [0.29, 0.717) is 30.4 Å².